The molecule has 3 nitrogen and oxygen atoms in total. The summed E-state index contributed by atoms with van der Waals surface area (Å²) in [5, 5.41) is 3.89. The van der Waals surface area contributed by atoms with E-state index in [1.807, 2.05) is 6.20 Å². The molecule has 2 heterocycles. The SMILES string of the molecule is Nc1ncc(C2CNC2)s1. The first-order valence-corrected chi connectivity index (χ1v) is 4.10. The van der Waals surface area contributed by atoms with Gasteiger partial charge < -0.3 is 11.1 Å². The lowest BCUT2D eigenvalue weighted by Crippen LogP contribution is -2.39. The first-order valence-electron chi connectivity index (χ1n) is 3.28. The Kier molecular flexibility index (Phi) is 1.35. The summed E-state index contributed by atoms with van der Waals surface area (Å²) >= 11 is 1.60. The summed E-state index contributed by atoms with van der Waals surface area (Å²) in [5.74, 6) is 0.676. The summed E-state index contributed by atoms with van der Waals surface area (Å²) in [4.78, 5) is 5.30. The minimum absolute atomic E-state index is 0.676. The lowest BCUT2D eigenvalue weighted by molar-refractivity contribution is 0.454. The van der Waals surface area contributed by atoms with Gasteiger partial charge in [-0.25, -0.2) is 4.98 Å². The third kappa shape index (κ3) is 0.892. The van der Waals surface area contributed by atoms with Crippen molar-refractivity contribution in [2.45, 2.75) is 5.92 Å². The fourth-order valence-corrected chi connectivity index (χ4v) is 1.76. The molecule has 2 rings (SSSR count). The van der Waals surface area contributed by atoms with Crippen LogP contribution in [0.2, 0.25) is 0 Å². The van der Waals surface area contributed by atoms with Crippen LogP contribution in [0.15, 0.2) is 6.20 Å². The Labute approximate surface area is 63.3 Å². The molecule has 54 valence electrons. The van der Waals surface area contributed by atoms with Crippen LogP contribution >= 0.6 is 11.3 Å². The summed E-state index contributed by atoms with van der Waals surface area (Å²) in [5.41, 5.74) is 5.48. The molecule has 0 saturated carbocycles. The predicted octanol–water partition coefficient (Wildman–Crippen LogP) is 0.412. The fourth-order valence-electron chi connectivity index (χ4n) is 0.979. The summed E-state index contributed by atoms with van der Waals surface area (Å²) in [6.45, 7) is 2.17. The molecule has 0 spiro atoms. The van der Waals surface area contributed by atoms with Crippen LogP contribution in [-0.2, 0) is 0 Å². The Hall–Kier alpha value is -0.610. The molecule has 0 amide bonds. The van der Waals surface area contributed by atoms with Gasteiger partial charge in [0.2, 0.25) is 0 Å². The quantitative estimate of drug-likeness (QED) is 0.617. The average Bonchev–Trinajstić information content (AvgIpc) is 2.10. The van der Waals surface area contributed by atoms with Gasteiger partial charge >= 0.3 is 0 Å². The Morgan fingerprint density at radius 3 is 2.90 bits per heavy atom. The lowest BCUT2D eigenvalue weighted by atomic mass is 10.0. The molecule has 0 atom stereocenters. The van der Waals surface area contributed by atoms with Crippen LogP contribution in [0.1, 0.15) is 10.8 Å². The van der Waals surface area contributed by atoms with Crippen molar-refractivity contribution in [1.29, 1.82) is 0 Å². The van der Waals surface area contributed by atoms with Crippen molar-refractivity contribution in [1.82, 2.24) is 10.3 Å². The zero-order valence-electron chi connectivity index (χ0n) is 5.50. The smallest absolute Gasteiger partial charge is 0.180 e. The second kappa shape index (κ2) is 2.21. The number of nitrogens with two attached hydrogens (primary N) is 1. The van der Waals surface area contributed by atoms with Gasteiger partial charge in [-0.15, -0.1) is 11.3 Å². The van der Waals surface area contributed by atoms with Gasteiger partial charge in [-0.2, -0.15) is 0 Å². The third-order valence-electron chi connectivity index (χ3n) is 1.73. The normalized spacial score (nSPS) is 18.8. The van der Waals surface area contributed by atoms with Crippen molar-refractivity contribution < 1.29 is 0 Å². The molecular weight excluding hydrogens is 146 g/mol. The molecule has 1 fully saturated rings. The molecule has 1 aromatic heterocycles. The summed E-state index contributed by atoms with van der Waals surface area (Å²) < 4.78 is 0. The number of nitrogens with one attached hydrogen (secondary N) is 1. The van der Waals surface area contributed by atoms with E-state index in [4.69, 9.17) is 5.73 Å². The Morgan fingerprint density at radius 2 is 2.50 bits per heavy atom. The first-order chi connectivity index (χ1) is 4.86. The van der Waals surface area contributed by atoms with Crippen LogP contribution in [-0.4, -0.2) is 18.1 Å². The summed E-state index contributed by atoms with van der Waals surface area (Å²) in [7, 11) is 0. The maximum Gasteiger partial charge on any atom is 0.180 e. The number of hydrogen-bond donors (Lipinski definition) is 2. The highest BCUT2D eigenvalue weighted by atomic mass is 32.1. The standard InChI is InChI=1S/C6H9N3S/c7-6-9-3-5(10-6)4-1-8-2-4/h3-4,8H,1-2H2,(H2,7,9). The summed E-state index contributed by atoms with van der Waals surface area (Å²) in [6, 6.07) is 0. The number of nitrogens with zero attached hydrogens (tertiary/aromatic N) is 1. The van der Waals surface area contributed by atoms with Gasteiger partial charge in [0.1, 0.15) is 0 Å². The highest BCUT2D eigenvalue weighted by molar-refractivity contribution is 7.15. The van der Waals surface area contributed by atoms with E-state index in [-0.39, 0.29) is 0 Å². The van der Waals surface area contributed by atoms with Crippen LogP contribution < -0.4 is 11.1 Å². The maximum absolute atomic E-state index is 5.48. The lowest BCUT2D eigenvalue weighted by Gasteiger charge is -2.25. The monoisotopic (exact) mass is 155 g/mol. The largest absolute Gasteiger partial charge is 0.375 e. The molecule has 1 aliphatic heterocycles. The van der Waals surface area contributed by atoms with Crippen molar-refractivity contribution >= 4 is 16.5 Å². The molecule has 1 aromatic rings. The van der Waals surface area contributed by atoms with Crippen LogP contribution in [0, 0.1) is 0 Å². The van der Waals surface area contributed by atoms with Crippen LogP contribution in [0.5, 0.6) is 0 Å². The van der Waals surface area contributed by atoms with Gasteiger partial charge in [0, 0.05) is 30.1 Å². The number of hydrogen-bond acceptors (Lipinski definition) is 4. The van der Waals surface area contributed by atoms with E-state index in [1.165, 1.54) is 4.88 Å². The Bertz CT molecular complexity index is 229. The Balaban J connectivity index is 2.17. The van der Waals surface area contributed by atoms with Gasteiger partial charge in [-0.1, -0.05) is 0 Å². The minimum Gasteiger partial charge on any atom is -0.375 e. The summed E-state index contributed by atoms with van der Waals surface area (Å²) in [6.07, 6.45) is 1.88. The topological polar surface area (TPSA) is 50.9 Å². The van der Waals surface area contributed by atoms with E-state index in [0.717, 1.165) is 13.1 Å². The predicted molar refractivity (Wildman–Crippen MR) is 42.1 cm³/mol. The number of thiazole rings is 1. The van der Waals surface area contributed by atoms with Crippen molar-refractivity contribution in [2.24, 2.45) is 0 Å². The number of nitrogen functional groups attached to an aromatic ring is 1. The zero-order chi connectivity index (χ0) is 6.97. The maximum atomic E-state index is 5.48. The van der Waals surface area contributed by atoms with Crippen molar-refractivity contribution in [3.8, 4) is 0 Å². The number of anilines is 1. The van der Waals surface area contributed by atoms with Gasteiger partial charge in [-0.05, 0) is 0 Å². The van der Waals surface area contributed by atoms with Gasteiger partial charge in [0.05, 0.1) is 0 Å². The van der Waals surface area contributed by atoms with E-state index in [0.29, 0.717) is 11.0 Å². The van der Waals surface area contributed by atoms with Crippen LogP contribution in [0.25, 0.3) is 0 Å². The van der Waals surface area contributed by atoms with Crippen molar-refractivity contribution in [3.63, 3.8) is 0 Å². The van der Waals surface area contributed by atoms with Crippen molar-refractivity contribution in [3.05, 3.63) is 11.1 Å². The van der Waals surface area contributed by atoms with Gasteiger partial charge in [0.15, 0.2) is 5.13 Å². The minimum atomic E-state index is 0.676. The number of rotatable bonds is 1. The molecule has 0 unspecified atom stereocenters. The highest BCUT2D eigenvalue weighted by Gasteiger charge is 2.20. The molecule has 0 bridgehead atoms. The molecule has 3 N–H and O–H groups in total. The van der Waals surface area contributed by atoms with E-state index >= 15 is 0 Å². The highest BCUT2D eigenvalue weighted by Crippen LogP contribution is 2.26. The molecule has 0 aliphatic carbocycles. The second-order valence-electron chi connectivity index (χ2n) is 2.46. The molecule has 0 radical (unpaired) electrons. The molecule has 0 aromatic carbocycles. The molecule has 1 aliphatic rings. The van der Waals surface area contributed by atoms with Gasteiger partial charge in [-0.3, -0.25) is 0 Å². The van der Waals surface area contributed by atoms with E-state index < -0.39 is 0 Å². The Morgan fingerprint density at radius 1 is 1.70 bits per heavy atom. The molecule has 1 saturated heterocycles. The third-order valence-corrected chi connectivity index (χ3v) is 2.71. The van der Waals surface area contributed by atoms with Crippen LogP contribution in [0.3, 0.4) is 0 Å². The second-order valence-corrected chi connectivity index (χ2v) is 3.55. The van der Waals surface area contributed by atoms with Gasteiger partial charge in [0.25, 0.3) is 0 Å². The molecule has 4 heteroatoms. The van der Waals surface area contributed by atoms with E-state index in [9.17, 15) is 0 Å². The fraction of sp³-hybridized carbons (Fsp3) is 0.500. The first kappa shape index (κ1) is 6.12. The zero-order valence-corrected chi connectivity index (χ0v) is 6.32. The molecular formula is C6H9N3S. The van der Waals surface area contributed by atoms with Crippen molar-refractivity contribution in [2.75, 3.05) is 18.8 Å². The van der Waals surface area contributed by atoms with Crippen LogP contribution in [0.4, 0.5) is 5.13 Å². The number of aromatic nitrogens is 1. The van der Waals surface area contributed by atoms with E-state index in [2.05, 4.69) is 10.3 Å². The van der Waals surface area contributed by atoms with E-state index in [1.54, 1.807) is 11.3 Å². The molecule has 10 heavy (non-hydrogen) atoms. The average molecular weight is 155 g/mol.